The molecule has 0 radical (unpaired) electrons. The first kappa shape index (κ1) is 49.5. The molecule has 0 bridgehead atoms. The minimum absolute atomic E-state index is 0.226. The predicted molar refractivity (Wildman–Crippen MR) is 181 cm³/mol. The Labute approximate surface area is 263 Å². The van der Waals surface area contributed by atoms with Gasteiger partial charge in [0.05, 0.1) is 71.6 Å². The first-order valence-electron chi connectivity index (χ1n) is 16.5. The fourth-order valence-electron chi connectivity index (χ4n) is 2.70. The van der Waals surface area contributed by atoms with E-state index in [1.54, 1.807) is 0 Å². The van der Waals surface area contributed by atoms with Crippen LogP contribution in [0.4, 0.5) is 0 Å². The van der Waals surface area contributed by atoms with Gasteiger partial charge in [0, 0.05) is 13.9 Å². The van der Waals surface area contributed by atoms with E-state index in [1.807, 2.05) is 27.7 Å². The molecule has 0 aliphatic carbocycles. The van der Waals surface area contributed by atoms with Gasteiger partial charge in [-0.1, -0.05) is 53.4 Å². The van der Waals surface area contributed by atoms with Gasteiger partial charge in [-0.25, -0.2) is 0 Å². The minimum atomic E-state index is -4.00. The van der Waals surface area contributed by atoms with Crippen LogP contribution in [-0.4, -0.2) is 82.7 Å². The highest BCUT2D eigenvalue weighted by Crippen LogP contribution is 2.53. The molecule has 12 heteroatoms. The molecule has 42 heavy (non-hydrogen) atoms. The maximum atomic E-state index is 11.0. The van der Waals surface area contributed by atoms with Crippen molar-refractivity contribution in [2.75, 3.05) is 78.3 Å². The Kier molecular flexibility index (Phi) is 37.2. The lowest BCUT2D eigenvalue weighted by Crippen LogP contribution is -2.42. The van der Waals surface area contributed by atoms with Crippen LogP contribution in [0.1, 0.15) is 121 Å². The lowest BCUT2D eigenvalue weighted by molar-refractivity contribution is -0.904. The molecule has 0 fully saturated rings. The monoisotopic (exact) mass is 667 g/mol. The number of phosphoric acid groups is 2. The highest BCUT2D eigenvalue weighted by molar-refractivity contribution is 7.75. The van der Waals surface area contributed by atoms with Gasteiger partial charge in [0.25, 0.3) is 15.6 Å². The van der Waals surface area contributed by atoms with Crippen LogP contribution < -0.4 is 9.79 Å². The Morgan fingerprint density at radius 3 is 0.833 bits per heavy atom. The summed E-state index contributed by atoms with van der Waals surface area (Å²) in [7, 11) is -6.12. The number of unbranched alkanes of at least 4 members (excludes halogenated alkanes) is 4. The number of phosphoric ester groups is 2. The van der Waals surface area contributed by atoms with Crippen molar-refractivity contribution in [1.29, 1.82) is 0 Å². The van der Waals surface area contributed by atoms with E-state index in [0.29, 0.717) is 0 Å². The van der Waals surface area contributed by atoms with Gasteiger partial charge in [0.2, 0.25) is 0 Å². The molecular formula is C30H72NO8P3. The van der Waals surface area contributed by atoms with E-state index >= 15 is 0 Å². The SMILES string of the molecule is CCCCOP(=O)([O-])OCCCC.CCCCOP(=O)([O-])OCCCC.CC[N+](C)(CC)CC.CC[P+](C)(CC)CC. The van der Waals surface area contributed by atoms with Gasteiger partial charge in [-0.3, -0.25) is 9.13 Å². The highest BCUT2D eigenvalue weighted by atomic mass is 31.2. The third-order valence-electron chi connectivity index (χ3n) is 7.57. The molecule has 0 aromatic carbocycles. The van der Waals surface area contributed by atoms with Crippen LogP contribution in [0.5, 0.6) is 0 Å². The molecule has 9 nitrogen and oxygen atoms in total. The second kappa shape index (κ2) is 31.6. The average molecular weight is 668 g/mol. The van der Waals surface area contributed by atoms with Crippen LogP contribution in [0.15, 0.2) is 0 Å². The summed E-state index contributed by atoms with van der Waals surface area (Å²) in [5, 5.41) is 0. The predicted octanol–water partition coefficient (Wildman–Crippen LogP) is 8.36. The molecule has 0 aliphatic heterocycles. The lowest BCUT2D eigenvalue weighted by Gasteiger charge is -2.30. The molecule has 0 atom stereocenters. The van der Waals surface area contributed by atoms with E-state index in [9.17, 15) is 18.9 Å². The van der Waals surface area contributed by atoms with E-state index in [-0.39, 0.29) is 26.4 Å². The van der Waals surface area contributed by atoms with E-state index in [0.717, 1.165) is 51.4 Å². The lowest BCUT2D eigenvalue weighted by atomic mass is 10.4. The van der Waals surface area contributed by atoms with E-state index < -0.39 is 22.9 Å². The Hall–Kier alpha value is 0.610. The molecule has 0 amide bonds. The molecule has 0 spiro atoms. The molecule has 0 N–H and O–H groups in total. The zero-order chi connectivity index (χ0) is 33.6. The summed E-state index contributed by atoms with van der Waals surface area (Å²) >= 11 is 0. The van der Waals surface area contributed by atoms with Crippen molar-refractivity contribution < 1.29 is 41.5 Å². The molecule has 0 aromatic heterocycles. The quantitative estimate of drug-likeness (QED) is 0.0642. The Morgan fingerprint density at radius 1 is 0.524 bits per heavy atom. The van der Waals surface area contributed by atoms with Crippen molar-refractivity contribution >= 4 is 22.9 Å². The molecule has 0 aliphatic rings. The number of nitrogens with zero attached hydrogens (tertiary/aromatic N) is 1. The van der Waals surface area contributed by atoms with E-state index in [4.69, 9.17) is 0 Å². The van der Waals surface area contributed by atoms with Crippen LogP contribution in [0.25, 0.3) is 0 Å². The van der Waals surface area contributed by atoms with Crippen molar-refractivity contribution in [3.8, 4) is 0 Å². The normalized spacial score (nSPS) is 12.0. The van der Waals surface area contributed by atoms with E-state index in [2.05, 4.69) is 73.3 Å². The van der Waals surface area contributed by atoms with Gasteiger partial charge in [-0.15, -0.1) is 0 Å². The number of quaternary nitrogens is 1. The van der Waals surface area contributed by atoms with Crippen LogP contribution in [-0.2, 0) is 27.2 Å². The standard InChI is InChI=1S/2C8H19O4P.C7H18N.C7H18P/c2*1-3-5-7-11-13(9,10)12-8-6-4-2;2*1-5-8(4,6-2)7-3/h2*3-8H2,1-2H3,(H,9,10);2*5-7H2,1-4H3/q;;2*+1/p-2. The van der Waals surface area contributed by atoms with Crippen molar-refractivity contribution in [3.05, 3.63) is 0 Å². The topological polar surface area (TPSA) is 117 Å². The van der Waals surface area contributed by atoms with Crippen molar-refractivity contribution in [3.63, 3.8) is 0 Å². The van der Waals surface area contributed by atoms with Crippen LogP contribution in [0, 0.1) is 0 Å². The third kappa shape index (κ3) is 35.1. The van der Waals surface area contributed by atoms with Crippen molar-refractivity contribution in [1.82, 2.24) is 0 Å². The second-order valence-electron chi connectivity index (χ2n) is 10.8. The smallest absolute Gasteiger partial charge is 0.267 e. The summed E-state index contributed by atoms with van der Waals surface area (Å²) in [4.78, 5) is 21.9. The summed E-state index contributed by atoms with van der Waals surface area (Å²) in [5.41, 5.74) is 0. The maximum Gasteiger partial charge on any atom is 0.267 e. The second-order valence-corrected chi connectivity index (χ2v) is 18.7. The first-order chi connectivity index (χ1) is 19.6. The largest absolute Gasteiger partial charge is 0.756 e. The van der Waals surface area contributed by atoms with Crippen molar-refractivity contribution in [2.45, 2.75) is 121 Å². The maximum absolute atomic E-state index is 11.0. The van der Waals surface area contributed by atoms with Gasteiger partial charge < -0.3 is 32.4 Å². The van der Waals surface area contributed by atoms with Crippen LogP contribution in [0.3, 0.4) is 0 Å². The Balaban J connectivity index is -0.000000235. The molecule has 0 saturated carbocycles. The summed E-state index contributed by atoms with van der Waals surface area (Å²) < 4.78 is 41.5. The van der Waals surface area contributed by atoms with Crippen LogP contribution >= 0.6 is 22.9 Å². The van der Waals surface area contributed by atoms with Crippen LogP contribution in [0.2, 0.25) is 0 Å². The fraction of sp³-hybridized carbons (Fsp3) is 1.00. The first-order valence-corrected chi connectivity index (χ1v) is 22.2. The van der Waals surface area contributed by atoms with Gasteiger partial charge in [0.1, 0.15) is 0 Å². The molecule has 0 unspecified atom stereocenters. The van der Waals surface area contributed by atoms with Gasteiger partial charge in [-0.05, 0) is 67.2 Å². The number of hydrogen-bond donors (Lipinski definition) is 0. The summed E-state index contributed by atoms with van der Waals surface area (Å²) in [6.45, 7) is 28.7. The zero-order valence-electron chi connectivity index (χ0n) is 29.8. The summed E-state index contributed by atoms with van der Waals surface area (Å²) in [6.07, 6.45) is 10.9. The molecule has 0 aromatic rings. The molecule has 0 rings (SSSR count). The number of hydrogen-bond acceptors (Lipinski definition) is 8. The molecular weight excluding hydrogens is 595 g/mol. The minimum Gasteiger partial charge on any atom is -0.756 e. The molecule has 0 saturated heterocycles. The van der Waals surface area contributed by atoms with Gasteiger partial charge >= 0.3 is 0 Å². The average Bonchev–Trinajstić information content (AvgIpc) is 2.97. The summed E-state index contributed by atoms with van der Waals surface area (Å²) in [6, 6.07) is 0. The Morgan fingerprint density at radius 2 is 0.738 bits per heavy atom. The number of rotatable bonds is 22. The van der Waals surface area contributed by atoms with E-state index in [1.165, 1.54) is 42.6 Å². The van der Waals surface area contributed by atoms with Crippen molar-refractivity contribution in [2.24, 2.45) is 0 Å². The summed E-state index contributed by atoms with van der Waals surface area (Å²) in [5.74, 6) is 0. The fourth-order valence-corrected chi connectivity index (χ4v) is 5.60. The van der Waals surface area contributed by atoms with Gasteiger partial charge in [0.15, 0.2) is 0 Å². The Bertz CT molecular complexity index is 550. The zero-order valence-corrected chi connectivity index (χ0v) is 32.5. The van der Waals surface area contributed by atoms with Gasteiger partial charge in [-0.2, -0.15) is 0 Å². The molecule has 0 heterocycles. The highest BCUT2D eigenvalue weighted by Gasteiger charge is 2.22. The third-order valence-corrected chi connectivity index (χ3v) is 14.1. The molecule has 260 valence electrons.